The molecule has 1 aromatic heterocycles. The van der Waals surface area contributed by atoms with Crippen LogP contribution in [0, 0.1) is 0 Å². The number of aromatic amines is 1. The lowest BCUT2D eigenvalue weighted by Crippen LogP contribution is -2.27. The zero-order valence-electron chi connectivity index (χ0n) is 16.3. The molecule has 2 atom stereocenters. The van der Waals surface area contributed by atoms with Crippen molar-refractivity contribution in [2.24, 2.45) is 0 Å². The second-order valence-corrected chi connectivity index (χ2v) is 7.89. The predicted molar refractivity (Wildman–Crippen MR) is 117 cm³/mol. The van der Waals surface area contributed by atoms with Crippen LogP contribution in [0.5, 0.6) is 0 Å². The fourth-order valence-corrected chi connectivity index (χ4v) is 4.58. The van der Waals surface area contributed by atoms with E-state index in [0.29, 0.717) is 12.1 Å². The second kappa shape index (κ2) is 7.29. The number of hydrogen-bond acceptors (Lipinski definition) is 1. The Morgan fingerprint density at radius 1 is 0.893 bits per heavy atom. The van der Waals surface area contributed by atoms with Crippen molar-refractivity contribution >= 4 is 10.9 Å². The normalized spacial score (nSPS) is 17.4. The van der Waals surface area contributed by atoms with Crippen LogP contribution in [0.15, 0.2) is 78.9 Å². The SMILES string of the molecule is C[C@@H](N[C@@H]1CCCc2c1[nH]c1ccc(-c3ccccc3)cc21)c1ccccc1. The van der Waals surface area contributed by atoms with Crippen LogP contribution in [0.3, 0.4) is 0 Å². The highest BCUT2D eigenvalue weighted by Crippen LogP contribution is 2.37. The van der Waals surface area contributed by atoms with E-state index in [9.17, 15) is 0 Å². The van der Waals surface area contributed by atoms with Crippen molar-refractivity contribution < 1.29 is 0 Å². The summed E-state index contributed by atoms with van der Waals surface area (Å²) in [5, 5.41) is 5.25. The van der Waals surface area contributed by atoms with Gasteiger partial charge in [-0.15, -0.1) is 0 Å². The number of benzene rings is 3. The molecule has 0 fully saturated rings. The fourth-order valence-electron chi connectivity index (χ4n) is 4.58. The van der Waals surface area contributed by atoms with E-state index in [1.807, 2.05) is 0 Å². The van der Waals surface area contributed by atoms with Gasteiger partial charge in [0.1, 0.15) is 0 Å². The maximum atomic E-state index is 3.87. The van der Waals surface area contributed by atoms with Gasteiger partial charge in [0.05, 0.1) is 0 Å². The minimum atomic E-state index is 0.337. The molecule has 0 radical (unpaired) electrons. The van der Waals surface area contributed by atoms with Gasteiger partial charge in [-0.25, -0.2) is 0 Å². The van der Waals surface area contributed by atoms with Crippen molar-refractivity contribution in [2.75, 3.05) is 0 Å². The van der Waals surface area contributed by atoms with Gasteiger partial charge in [0.15, 0.2) is 0 Å². The van der Waals surface area contributed by atoms with Crippen LogP contribution < -0.4 is 5.32 Å². The first-order valence-electron chi connectivity index (χ1n) is 10.3. The lowest BCUT2D eigenvalue weighted by molar-refractivity contribution is 0.410. The summed E-state index contributed by atoms with van der Waals surface area (Å²) in [7, 11) is 0. The number of H-pyrrole nitrogens is 1. The zero-order valence-corrected chi connectivity index (χ0v) is 16.3. The van der Waals surface area contributed by atoms with Crippen molar-refractivity contribution in [3.8, 4) is 11.1 Å². The Bertz CT molecular complexity index is 1080. The summed E-state index contributed by atoms with van der Waals surface area (Å²) in [6.07, 6.45) is 3.57. The number of hydrogen-bond donors (Lipinski definition) is 2. The number of rotatable bonds is 4. The van der Waals surface area contributed by atoms with Crippen molar-refractivity contribution in [2.45, 2.75) is 38.3 Å². The van der Waals surface area contributed by atoms with Crippen molar-refractivity contribution in [3.05, 3.63) is 95.7 Å². The molecule has 4 aromatic rings. The maximum Gasteiger partial charge on any atom is 0.0480 e. The summed E-state index contributed by atoms with van der Waals surface area (Å²) in [4.78, 5) is 3.74. The van der Waals surface area contributed by atoms with Crippen molar-refractivity contribution in [1.82, 2.24) is 10.3 Å². The smallest absolute Gasteiger partial charge is 0.0480 e. The molecule has 0 aliphatic heterocycles. The minimum absolute atomic E-state index is 0.337. The first-order chi connectivity index (χ1) is 13.8. The molecule has 2 nitrogen and oxygen atoms in total. The van der Waals surface area contributed by atoms with Crippen LogP contribution in [0.2, 0.25) is 0 Å². The summed E-state index contributed by atoms with van der Waals surface area (Å²) in [5.41, 5.74) is 8.05. The number of aryl methyl sites for hydroxylation is 1. The summed E-state index contributed by atoms with van der Waals surface area (Å²) in [6, 6.07) is 29.0. The van der Waals surface area contributed by atoms with E-state index >= 15 is 0 Å². The van der Waals surface area contributed by atoms with Crippen LogP contribution in [0.25, 0.3) is 22.0 Å². The highest BCUT2D eigenvalue weighted by Gasteiger charge is 2.25. The maximum absolute atomic E-state index is 3.87. The molecule has 1 heterocycles. The largest absolute Gasteiger partial charge is 0.357 e. The molecule has 2 N–H and O–H groups in total. The lowest BCUT2D eigenvalue weighted by atomic mass is 9.90. The average molecular weight is 367 g/mol. The Labute approximate surface area is 166 Å². The van der Waals surface area contributed by atoms with Crippen molar-refractivity contribution in [3.63, 3.8) is 0 Å². The van der Waals surface area contributed by atoms with Crippen LogP contribution in [-0.4, -0.2) is 4.98 Å². The van der Waals surface area contributed by atoms with E-state index in [2.05, 4.69) is 96.1 Å². The molecule has 0 amide bonds. The predicted octanol–water partition coefficient (Wildman–Crippen LogP) is 6.56. The van der Waals surface area contributed by atoms with Gasteiger partial charge in [-0.2, -0.15) is 0 Å². The molecule has 0 bridgehead atoms. The number of aromatic nitrogens is 1. The summed E-state index contributed by atoms with van der Waals surface area (Å²) in [6.45, 7) is 2.26. The molecule has 0 saturated heterocycles. The topological polar surface area (TPSA) is 27.8 Å². The molecule has 140 valence electrons. The van der Waals surface area contributed by atoms with E-state index in [0.717, 1.165) is 6.42 Å². The third-order valence-corrected chi connectivity index (χ3v) is 6.07. The molecule has 5 rings (SSSR count). The van der Waals surface area contributed by atoms with Gasteiger partial charge in [-0.3, -0.25) is 0 Å². The molecule has 0 spiro atoms. The van der Waals surface area contributed by atoms with E-state index < -0.39 is 0 Å². The first-order valence-corrected chi connectivity index (χ1v) is 10.3. The van der Waals surface area contributed by atoms with Gasteiger partial charge < -0.3 is 10.3 Å². The third-order valence-electron chi connectivity index (χ3n) is 6.07. The Morgan fingerprint density at radius 3 is 2.43 bits per heavy atom. The summed E-state index contributed by atoms with van der Waals surface area (Å²) >= 11 is 0. The standard InChI is InChI=1S/C26H26N2/c1-18(19-9-4-2-5-10-19)27-25-14-8-13-22-23-17-21(20-11-6-3-7-12-20)15-16-24(23)28-26(22)25/h2-7,9-12,15-18,25,27-28H,8,13-14H2,1H3/t18-,25-/m1/s1. The van der Waals surface area contributed by atoms with Gasteiger partial charge in [-0.1, -0.05) is 66.7 Å². The van der Waals surface area contributed by atoms with E-state index in [-0.39, 0.29) is 0 Å². The average Bonchev–Trinajstić information content (AvgIpc) is 3.14. The quantitative estimate of drug-likeness (QED) is 0.420. The Hall–Kier alpha value is -2.84. The Balaban J connectivity index is 1.49. The highest BCUT2D eigenvalue weighted by molar-refractivity contribution is 5.89. The van der Waals surface area contributed by atoms with Gasteiger partial charge in [0.2, 0.25) is 0 Å². The zero-order chi connectivity index (χ0) is 18.9. The molecular formula is C26H26N2. The molecule has 28 heavy (non-hydrogen) atoms. The van der Waals surface area contributed by atoms with E-state index in [1.54, 1.807) is 0 Å². The molecule has 2 heteroatoms. The first kappa shape index (κ1) is 17.3. The minimum Gasteiger partial charge on any atom is -0.357 e. The Kier molecular flexibility index (Phi) is 4.50. The van der Waals surface area contributed by atoms with Gasteiger partial charge >= 0.3 is 0 Å². The molecule has 1 aliphatic rings. The molecule has 1 aliphatic carbocycles. The monoisotopic (exact) mass is 366 g/mol. The molecule has 0 unspecified atom stereocenters. The van der Waals surface area contributed by atoms with Gasteiger partial charge in [0.25, 0.3) is 0 Å². The molecular weight excluding hydrogens is 340 g/mol. The van der Waals surface area contributed by atoms with Gasteiger partial charge in [0, 0.05) is 28.7 Å². The third kappa shape index (κ3) is 3.14. The lowest BCUT2D eigenvalue weighted by Gasteiger charge is -2.27. The number of fused-ring (bicyclic) bond motifs is 3. The molecule has 3 aromatic carbocycles. The highest BCUT2D eigenvalue weighted by atomic mass is 15.0. The van der Waals surface area contributed by atoms with E-state index in [4.69, 9.17) is 0 Å². The summed E-state index contributed by atoms with van der Waals surface area (Å²) in [5.74, 6) is 0. The van der Waals surface area contributed by atoms with Crippen LogP contribution >= 0.6 is 0 Å². The van der Waals surface area contributed by atoms with Crippen LogP contribution in [0.4, 0.5) is 0 Å². The van der Waals surface area contributed by atoms with Gasteiger partial charge in [-0.05, 0) is 60.6 Å². The second-order valence-electron chi connectivity index (χ2n) is 7.89. The van der Waals surface area contributed by atoms with Crippen LogP contribution in [0.1, 0.15) is 48.7 Å². The number of nitrogens with one attached hydrogen (secondary N) is 2. The fraction of sp³-hybridized carbons (Fsp3) is 0.231. The van der Waals surface area contributed by atoms with E-state index in [1.165, 1.54) is 51.7 Å². The van der Waals surface area contributed by atoms with Crippen LogP contribution in [-0.2, 0) is 6.42 Å². The Morgan fingerprint density at radius 2 is 1.64 bits per heavy atom. The summed E-state index contributed by atoms with van der Waals surface area (Å²) < 4.78 is 0. The molecule has 0 saturated carbocycles. The van der Waals surface area contributed by atoms with Crippen molar-refractivity contribution in [1.29, 1.82) is 0 Å².